The van der Waals surface area contributed by atoms with E-state index >= 15 is 0 Å². The van der Waals surface area contributed by atoms with E-state index in [0.29, 0.717) is 17.5 Å². The molecule has 0 spiro atoms. The number of hydrogen-bond acceptors (Lipinski definition) is 4. The molecule has 0 radical (unpaired) electrons. The molecular formula is C17H12F3N3O2. The maximum atomic E-state index is 12.6. The molecule has 0 atom stereocenters. The van der Waals surface area contributed by atoms with E-state index < -0.39 is 17.6 Å². The van der Waals surface area contributed by atoms with Crippen LogP contribution >= 0.6 is 0 Å². The monoisotopic (exact) mass is 347 g/mol. The van der Waals surface area contributed by atoms with E-state index in [1.165, 1.54) is 12.1 Å². The fraction of sp³-hybridized carbons (Fsp3) is 0.118. The van der Waals surface area contributed by atoms with Gasteiger partial charge in [-0.05, 0) is 35.7 Å². The maximum absolute atomic E-state index is 12.6. The van der Waals surface area contributed by atoms with E-state index in [-0.39, 0.29) is 11.8 Å². The van der Waals surface area contributed by atoms with Crippen molar-refractivity contribution in [1.82, 2.24) is 10.2 Å². The van der Waals surface area contributed by atoms with Gasteiger partial charge in [0.15, 0.2) is 0 Å². The molecule has 0 saturated carbocycles. The fourth-order valence-corrected chi connectivity index (χ4v) is 2.35. The van der Waals surface area contributed by atoms with Crippen LogP contribution < -0.4 is 5.73 Å². The zero-order chi connectivity index (χ0) is 18.0. The molecule has 0 saturated heterocycles. The van der Waals surface area contributed by atoms with Crippen molar-refractivity contribution in [2.75, 3.05) is 0 Å². The quantitative estimate of drug-likeness (QED) is 0.784. The topological polar surface area (TPSA) is 82.0 Å². The molecule has 1 amide bonds. The zero-order valence-corrected chi connectivity index (χ0v) is 12.7. The normalized spacial score (nSPS) is 11.5. The van der Waals surface area contributed by atoms with Crippen LogP contribution in [0.5, 0.6) is 0 Å². The molecule has 1 aromatic heterocycles. The van der Waals surface area contributed by atoms with E-state index in [2.05, 4.69) is 10.2 Å². The lowest BCUT2D eigenvalue weighted by molar-refractivity contribution is -0.137. The molecule has 25 heavy (non-hydrogen) atoms. The van der Waals surface area contributed by atoms with Crippen LogP contribution in [0.25, 0.3) is 11.5 Å². The molecule has 0 bridgehead atoms. The fourth-order valence-electron chi connectivity index (χ4n) is 2.35. The summed E-state index contributed by atoms with van der Waals surface area (Å²) in [5.74, 6) is -1.02. The van der Waals surface area contributed by atoms with Crippen molar-refractivity contribution in [3.05, 3.63) is 71.1 Å². The van der Waals surface area contributed by atoms with Gasteiger partial charge in [0.25, 0.3) is 0 Å². The number of hydrogen-bond donors (Lipinski definition) is 1. The molecule has 1 heterocycles. The average Bonchev–Trinajstić information content (AvgIpc) is 3.05. The molecule has 0 aliphatic carbocycles. The number of alkyl halides is 3. The van der Waals surface area contributed by atoms with Crippen LogP contribution in [0.1, 0.15) is 27.4 Å². The Labute approximate surface area is 140 Å². The highest BCUT2D eigenvalue weighted by molar-refractivity contribution is 5.88. The Balaban J connectivity index is 1.89. The number of benzene rings is 2. The minimum Gasteiger partial charge on any atom is -0.412 e. The van der Waals surface area contributed by atoms with E-state index in [1.807, 2.05) is 0 Å². The highest BCUT2D eigenvalue weighted by Gasteiger charge is 2.29. The van der Waals surface area contributed by atoms with Crippen molar-refractivity contribution in [2.45, 2.75) is 12.6 Å². The molecular weight excluding hydrogens is 335 g/mol. The van der Waals surface area contributed by atoms with Crippen LogP contribution in [0.15, 0.2) is 52.9 Å². The predicted molar refractivity (Wildman–Crippen MR) is 82.5 cm³/mol. The lowest BCUT2D eigenvalue weighted by Crippen LogP contribution is -2.10. The Morgan fingerprint density at radius 3 is 2.32 bits per heavy atom. The maximum Gasteiger partial charge on any atom is 0.416 e. The Kier molecular flexibility index (Phi) is 4.26. The van der Waals surface area contributed by atoms with Gasteiger partial charge >= 0.3 is 18.0 Å². The first-order valence-corrected chi connectivity index (χ1v) is 7.22. The summed E-state index contributed by atoms with van der Waals surface area (Å²) < 4.78 is 43.1. The van der Waals surface area contributed by atoms with Gasteiger partial charge in [-0.25, -0.2) is 0 Å². The van der Waals surface area contributed by atoms with Crippen LogP contribution in [0.2, 0.25) is 0 Å². The molecule has 5 nitrogen and oxygen atoms in total. The second-order valence-corrected chi connectivity index (χ2v) is 5.31. The van der Waals surface area contributed by atoms with Gasteiger partial charge in [-0.3, -0.25) is 4.79 Å². The number of aromatic nitrogens is 2. The minimum atomic E-state index is -4.37. The van der Waals surface area contributed by atoms with Crippen LogP contribution in [-0.4, -0.2) is 16.1 Å². The first-order chi connectivity index (χ1) is 11.8. The third-order valence-electron chi connectivity index (χ3n) is 3.56. The van der Waals surface area contributed by atoms with Gasteiger partial charge in [-0.15, -0.1) is 10.2 Å². The van der Waals surface area contributed by atoms with Crippen LogP contribution in [0.4, 0.5) is 13.2 Å². The number of amides is 1. The number of carbonyl (C=O) groups excluding carboxylic acids is 1. The van der Waals surface area contributed by atoms with Crippen LogP contribution in [0.3, 0.4) is 0 Å². The Morgan fingerprint density at radius 2 is 1.72 bits per heavy atom. The van der Waals surface area contributed by atoms with Gasteiger partial charge < -0.3 is 10.2 Å². The molecule has 8 heteroatoms. The van der Waals surface area contributed by atoms with Gasteiger partial charge in [0, 0.05) is 5.56 Å². The van der Waals surface area contributed by atoms with Crippen LogP contribution in [-0.2, 0) is 12.6 Å². The summed E-state index contributed by atoms with van der Waals surface area (Å²) in [6.45, 7) is 0. The summed E-state index contributed by atoms with van der Waals surface area (Å²) in [6.07, 6.45) is -4.01. The van der Waals surface area contributed by atoms with Crippen molar-refractivity contribution < 1.29 is 22.4 Å². The van der Waals surface area contributed by atoms with Crippen LogP contribution in [0, 0.1) is 0 Å². The second kappa shape index (κ2) is 6.39. The summed E-state index contributed by atoms with van der Waals surface area (Å²) in [5, 5.41) is 7.35. The molecule has 0 unspecified atom stereocenters. The highest BCUT2D eigenvalue weighted by Crippen LogP contribution is 2.30. The van der Waals surface area contributed by atoms with E-state index in [0.717, 1.165) is 17.7 Å². The number of carbonyl (C=O) groups is 1. The average molecular weight is 347 g/mol. The van der Waals surface area contributed by atoms with E-state index in [1.54, 1.807) is 24.3 Å². The Morgan fingerprint density at radius 1 is 1.04 bits per heavy atom. The summed E-state index contributed by atoms with van der Waals surface area (Å²) in [6, 6.07) is 12.0. The Hall–Kier alpha value is -3.16. The number of rotatable bonds is 4. The van der Waals surface area contributed by atoms with Gasteiger partial charge in [0.05, 0.1) is 5.56 Å². The smallest absolute Gasteiger partial charge is 0.412 e. The van der Waals surface area contributed by atoms with Gasteiger partial charge in [0.1, 0.15) is 0 Å². The van der Waals surface area contributed by atoms with Gasteiger partial charge in [-0.1, -0.05) is 30.3 Å². The van der Waals surface area contributed by atoms with E-state index in [9.17, 15) is 18.0 Å². The lowest BCUT2D eigenvalue weighted by atomic mass is 9.99. The van der Waals surface area contributed by atoms with Crippen molar-refractivity contribution in [3.63, 3.8) is 0 Å². The first-order valence-electron chi connectivity index (χ1n) is 7.22. The summed E-state index contributed by atoms with van der Waals surface area (Å²) in [7, 11) is 0. The number of nitrogens with two attached hydrogens (primary N) is 1. The third-order valence-corrected chi connectivity index (χ3v) is 3.56. The van der Waals surface area contributed by atoms with Crippen molar-refractivity contribution in [2.24, 2.45) is 5.73 Å². The molecule has 128 valence electrons. The summed E-state index contributed by atoms with van der Waals surface area (Å²) >= 11 is 0. The SMILES string of the molecule is NC(=O)c1nnc(-c2ccccc2Cc2ccc(C(F)(F)F)cc2)o1. The van der Waals surface area contributed by atoms with E-state index in [4.69, 9.17) is 10.2 Å². The molecule has 0 fully saturated rings. The zero-order valence-electron chi connectivity index (χ0n) is 12.7. The van der Waals surface area contributed by atoms with Gasteiger partial charge in [-0.2, -0.15) is 13.2 Å². The largest absolute Gasteiger partial charge is 0.416 e. The number of nitrogens with zero attached hydrogens (tertiary/aromatic N) is 2. The molecule has 2 aromatic carbocycles. The second-order valence-electron chi connectivity index (χ2n) is 5.31. The standard InChI is InChI=1S/C17H12F3N3O2/c18-17(19,20)12-7-5-10(6-8-12)9-11-3-1-2-4-13(11)15-22-23-16(25-15)14(21)24/h1-8H,9H2,(H2,21,24). The molecule has 3 rings (SSSR count). The number of halogens is 3. The van der Waals surface area contributed by atoms with Crippen molar-refractivity contribution in [1.29, 1.82) is 0 Å². The predicted octanol–water partition coefficient (Wildman–Crippen LogP) is 3.45. The Bertz CT molecular complexity index is 902. The number of primary amides is 1. The van der Waals surface area contributed by atoms with Crippen molar-refractivity contribution in [3.8, 4) is 11.5 Å². The first kappa shape index (κ1) is 16.7. The molecule has 0 aliphatic rings. The molecule has 2 N–H and O–H groups in total. The minimum absolute atomic E-state index is 0.122. The van der Waals surface area contributed by atoms with Gasteiger partial charge in [0.2, 0.25) is 5.89 Å². The third kappa shape index (κ3) is 3.68. The van der Waals surface area contributed by atoms with Crippen molar-refractivity contribution >= 4 is 5.91 Å². The highest BCUT2D eigenvalue weighted by atomic mass is 19.4. The molecule has 0 aliphatic heterocycles. The molecule has 3 aromatic rings. The lowest BCUT2D eigenvalue weighted by Gasteiger charge is -2.09. The summed E-state index contributed by atoms with van der Waals surface area (Å²) in [4.78, 5) is 11.1. The summed E-state index contributed by atoms with van der Waals surface area (Å²) in [5.41, 5.74) is 6.43.